The predicted molar refractivity (Wildman–Crippen MR) is 78.2 cm³/mol. The van der Waals surface area contributed by atoms with Crippen molar-refractivity contribution >= 4 is 8.32 Å². The van der Waals surface area contributed by atoms with Crippen LogP contribution in [0.5, 0.6) is 0 Å². The summed E-state index contributed by atoms with van der Waals surface area (Å²) in [7, 11) is -1.78. The van der Waals surface area contributed by atoms with Crippen molar-refractivity contribution in [3.63, 3.8) is 0 Å². The normalized spacial score (nSPS) is 31.9. The minimum absolute atomic E-state index is 0.0549. The maximum Gasteiger partial charge on any atom is 0.215 e. The van der Waals surface area contributed by atoms with Gasteiger partial charge in [-0.3, -0.25) is 0 Å². The molecule has 1 unspecified atom stereocenters. The van der Waals surface area contributed by atoms with E-state index in [2.05, 4.69) is 57.8 Å². The monoisotopic (exact) mass is 258 g/mol. The molecular weight excluding hydrogens is 236 g/mol. The summed E-state index contributed by atoms with van der Waals surface area (Å²) >= 11 is 0. The first-order valence-corrected chi connectivity index (χ1v) is 9.70. The minimum atomic E-state index is -1.78. The quantitative estimate of drug-likeness (QED) is 0.640. The van der Waals surface area contributed by atoms with E-state index in [1.54, 1.807) is 0 Å². The van der Waals surface area contributed by atoms with Gasteiger partial charge in [-0.15, -0.1) is 6.58 Å². The van der Waals surface area contributed by atoms with Crippen LogP contribution in [-0.4, -0.2) is 13.9 Å². The Labute approximate surface area is 111 Å². The molecule has 1 heterocycles. The summed E-state index contributed by atoms with van der Waals surface area (Å²) in [6.07, 6.45) is 2.32. The van der Waals surface area contributed by atoms with Crippen LogP contribution in [0.25, 0.3) is 0 Å². The number of hydrogen-bond donors (Lipinski definition) is 0. The Morgan fingerprint density at radius 3 is 2.50 bits per heavy atom. The van der Waals surface area contributed by atoms with Gasteiger partial charge < -0.3 is 4.43 Å². The molecule has 18 heavy (non-hydrogen) atoms. The topological polar surface area (TPSA) is 9.23 Å². The number of rotatable bonds is 0. The van der Waals surface area contributed by atoms with Gasteiger partial charge in [0.25, 0.3) is 0 Å². The number of benzene rings is 1. The number of aryl methyl sites for hydroxylation is 1. The van der Waals surface area contributed by atoms with Crippen LogP contribution >= 0.6 is 0 Å². The van der Waals surface area contributed by atoms with Crippen molar-refractivity contribution in [1.29, 1.82) is 0 Å². The summed E-state index contributed by atoms with van der Waals surface area (Å²) in [6.45, 7) is 13.5. The van der Waals surface area contributed by atoms with Crippen molar-refractivity contribution in [1.82, 2.24) is 0 Å². The summed E-state index contributed by atoms with van der Waals surface area (Å²) in [6, 6.07) is 8.85. The van der Waals surface area contributed by atoms with E-state index in [9.17, 15) is 0 Å². The van der Waals surface area contributed by atoms with Crippen molar-refractivity contribution in [3.05, 3.63) is 47.2 Å². The summed E-state index contributed by atoms with van der Waals surface area (Å²) < 4.78 is 6.48. The second kappa shape index (κ2) is 3.37. The maximum absolute atomic E-state index is 6.48. The third-order valence-electron chi connectivity index (χ3n) is 5.03. The first-order valence-electron chi connectivity index (χ1n) is 6.80. The van der Waals surface area contributed by atoms with Crippen LogP contribution in [0.15, 0.2) is 36.0 Å². The van der Waals surface area contributed by atoms with Crippen molar-refractivity contribution in [2.45, 2.75) is 50.8 Å². The van der Waals surface area contributed by atoms with Crippen LogP contribution in [0, 0.1) is 0 Å². The molecule has 1 saturated heterocycles. The SMILES string of the molecule is C=C1C2(CCc3ccccc32)C(C)(C)O[Si]1(C)C. The molecule has 1 aliphatic carbocycles. The van der Waals surface area contributed by atoms with Crippen LogP contribution < -0.4 is 0 Å². The summed E-state index contributed by atoms with van der Waals surface area (Å²) in [5, 5.41) is 1.38. The largest absolute Gasteiger partial charge is 0.407 e. The third kappa shape index (κ3) is 1.25. The lowest BCUT2D eigenvalue weighted by Gasteiger charge is -2.39. The summed E-state index contributed by atoms with van der Waals surface area (Å²) in [5.41, 5.74) is 2.89. The zero-order valence-corrected chi connectivity index (χ0v) is 12.8. The van der Waals surface area contributed by atoms with Crippen molar-refractivity contribution < 1.29 is 4.43 Å². The van der Waals surface area contributed by atoms with Crippen LogP contribution in [0.2, 0.25) is 13.1 Å². The Morgan fingerprint density at radius 1 is 1.22 bits per heavy atom. The second-order valence-electron chi connectivity index (χ2n) is 6.66. The highest BCUT2D eigenvalue weighted by Crippen LogP contribution is 2.59. The van der Waals surface area contributed by atoms with Gasteiger partial charge >= 0.3 is 0 Å². The standard InChI is InChI=1S/C16H22OSi/c1-12-16(15(2,3)17-18(12,4)5)11-10-13-8-6-7-9-14(13)16/h6-9H,1,10-11H2,2-5H3. The smallest absolute Gasteiger partial charge is 0.215 e. The highest BCUT2D eigenvalue weighted by Gasteiger charge is 2.63. The minimum Gasteiger partial charge on any atom is -0.407 e. The zero-order chi connectivity index (χ0) is 13.2. The molecule has 1 aromatic carbocycles. The molecule has 2 aliphatic rings. The molecule has 0 aromatic heterocycles. The summed E-state index contributed by atoms with van der Waals surface area (Å²) in [5.74, 6) is 0. The van der Waals surface area contributed by atoms with Gasteiger partial charge in [0, 0.05) is 5.41 Å². The van der Waals surface area contributed by atoms with Gasteiger partial charge in [0.2, 0.25) is 8.32 Å². The van der Waals surface area contributed by atoms with Gasteiger partial charge in [-0.05, 0) is 56.1 Å². The molecule has 1 spiro atoms. The lowest BCUT2D eigenvalue weighted by atomic mass is 9.69. The number of hydrogen-bond acceptors (Lipinski definition) is 1. The van der Waals surface area contributed by atoms with Gasteiger partial charge in [-0.25, -0.2) is 0 Å². The molecule has 2 heteroatoms. The lowest BCUT2D eigenvalue weighted by molar-refractivity contribution is 0.0633. The van der Waals surface area contributed by atoms with Crippen molar-refractivity contribution in [3.8, 4) is 0 Å². The molecular formula is C16H22OSi. The van der Waals surface area contributed by atoms with Gasteiger partial charge in [-0.2, -0.15) is 0 Å². The highest BCUT2D eigenvalue weighted by molar-refractivity contribution is 6.79. The predicted octanol–water partition coefficient (Wildman–Crippen LogP) is 3.98. The van der Waals surface area contributed by atoms with E-state index in [1.807, 2.05) is 0 Å². The Hall–Kier alpha value is -0.863. The average Bonchev–Trinajstić information content (AvgIpc) is 2.72. The van der Waals surface area contributed by atoms with Crippen LogP contribution in [0.3, 0.4) is 0 Å². The molecule has 0 bridgehead atoms. The second-order valence-corrected chi connectivity index (χ2v) is 10.5. The number of fused-ring (bicyclic) bond motifs is 2. The molecule has 0 radical (unpaired) electrons. The Balaban J connectivity index is 2.26. The molecule has 1 nitrogen and oxygen atoms in total. The van der Waals surface area contributed by atoms with E-state index in [1.165, 1.54) is 16.3 Å². The third-order valence-corrected chi connectivity index (χ3v) is 7.93. The first-order chi connectivity index (χ1) is 8.31. The van der Waals surface area contributed by atoms with E-state index in [0.717, 1.165) is 12.8 Å². The Kier molecular flexibility index (Phi) is 2.28. The maximum atomic E-state index is 6.48. The fraction of sp³-hybridized carbons (Fsp3) is 0.500. The Morgan fingerprint density at radius 2 is 1.89 bits per heavy atom. The fourth-order valence-corrected chi connectivity index (χ4v) is 7.38. The van der Waals surface area contributed by atoms with Gasteiger partial charge in [0.15, 0.2) is 0 Å². The van der Waals surface area contributed by atoms with Crippen molar-refractivity contribution in [2.75, 3.05) is 0 Å². The van der Waals surface area contributed by atoms with Crippen LogP contribution in [0.4, 0.5) is 0 Å². The van der Waals surface area contributed by atoms with Gasteiger partial charge in [0.05, 0.1) is 5.60 Å². The van der Waals surface area contributed by atoms with E-state index in [-0.39, 0.29) is 11.0 Å². The van der Waals surface area contributed by atoms with E-state index < -0.39 is 8.32 Å². The molecule has 1 aromatic rings. The van der Waals surface area contributed by atoms with Crippen molar-refractivity contribution in [2.24, 2.45) is 0 Å². The summed E-state index contributed by atoms with van der Waals surface area (Å²) in [4.78, 5) is 0. The Bertz CT molecular complexity index is 530. The molecule has 96 valence electrons. The average molecular weight is 258 g/mol. The first kappa shape index (κ1) is 12.2. The molecule has 1 aliphatic heterocycles. The molecule has 0 saturated carbocycles. The van der Waals surface area contributed by atoms with Gasteiger partial charge in [-0.1, -0.05) is 24.3 Å². The zero-order valence-electron chi connectivity index (χ0n) is 11.8. The fourth-order valence-electron chi connectivity index (χ4n) is 4.21. The molecule has 1 fully saturated rings. The van der Waals surface area contributed by atoms with Crippen LogP contribution in [-0.2, 0) is 16.3 Å². The van der Waals surface area contributed by atoms with E-state index in [0.29, 0.717) is 0 Å². The molecule has 0 amide bonds. The highest BCUT2D eigenvalue weighted by atomic mass is 28.4. The van der Waals surface area contributed by atoms with E-state index >= 15 is 0 Å². The van der Waals surface area contributed by atoms with Crippen LogP contribution in [0.1, 0.15) is 31.4 Å². The molecule has 0 N–H and O–H groups in total. The molecule has 3 rings (SSSR count). The molecule has 1 atom stereocenters. The van der Waals surface area contributed by atoms with Gasteiger partial charge in [0.1, 0.15) is 0 Å². The lowest BCUT2D eigenvalue weighted by Crippen LogP contribution is -2.42. The van der Waals surface area contributed by atoms with E-state index in [4.69, 9.17) is 4.43 Å².